The predicted octanol–water partition coefficient (Wildman–Crippen LogP) is 2.59. The van der Waals surface area contributed by atoms with Gasteiger partial charge in [0.05, 0.1) is 4.90 Å². The zero-order valence-electron chi connectivity index (χ0n) is 8.27. The number of sulfone groups is 1. The number of allylic oxidation sites excluding steroid dienone is 1. The van der Waals surface area contributed by atoms with Crippen LogP contribution in [0.4, 0.5) is 0 Å². The molecule has 0 fully saturated rings. The Bertz CT molecular complexity index is 412. The molecule has 1 aromatic rings. The summed E-state index contributed by atoms with van der Waals surface area (Å²) in [4.78, 5) is 0.331. The fourth-order valence-electron chi connectivity index (χ4n) is 0.914. The first-order valence-corrected chi connectivity index (χ1v) is 5.85. The smallest absolute Gasteiger partial charge is 0.186 e. The van der Waals surface area contributed by atoms with Crippen LogP contribution in [0.25, 0.3) is 0 Å². The van der Waals surface area contributed by atoms with Crippen LogP contribution in [0, 0.1) is 5.75 Å². The van der Waals surface area contributed by atoms with E-state index < -0.39 is 9.84 Å². The molecule has 0 aliphatic rings. The molecule has 0 saturated heterocycles. The summed E-state index contributed by atoms with van der Waals surface area (Å²) in [7, 11) is -3.26. The van der Waals surface area contributed by atoms with Crippen molar-refractivity contribution in [2.75, 3.05) is 0 Å². The van der Waals surface area contributed by atoms with Crippen molar-refractivity contribution < 1.29 is 8.42 Å². The summed E-state index contributed by atoms with van der Waals surface area (Å²) >= 11 is 0. The van der Waals surface area contributed by atoms with Crippen molar-refractivity contribution >= 4 is 9.84 Å². The van der Waals surface area contributed by atoms with E-state index in [1.807, 2.05) is 13.8 Å². The Hall–Kier alpha value is -1.09. The van der Waals surface area contributed by atoms with E-state index in [1.54, 1.807) is 36.4 Å². The molecule has 0 aliphatic carbocycles. The van der Waals surface area contributed by atoms with Gasteiger partial charge in [-0.05, 0) is 26.0 Å². The summed E-state index contributed by atoms with van der Waals surface area (Å²) in [5.41, 5.74) is 0.963. The second-order valence-electron chi connectivity index (χ2n) is 3.24. The molecule has 1 rings (SSSR count). The molecule has 0 saturated carbocycles. The summed E-state index contributed by atoms with van der Waals surface area (Å²) in [5, 5.41) is 0. The van der Waals surface area contributed by atoms with E-state index in [0.29, 0.717) is 4.90 Å². The zero-order chi connectivity index (χ0) is 10.6. The van der Waals surface area contributed by atoms with Gasteiger partial charge in [0.2, 0.25) is 0 Å². The SMILES string of the molecule is CC(C)=C[CH]S(=O)(=O)c1ccccc1. The van der Waals surface area contributed by atoms with Crippen LogP contribution in [0.2, 0.25) is 0 Å². The van der Waals surface area contributed by atoms with Crippen LogP contribution >= 0.6 is 0 Å². The van der Waals surface area contributed by atoms with Gasteiger partial charge in [0.25, 0.3) is 0 Å². The highest BCUT2D eigenvalue weighted by Gasteiger charge is 2.11. The predicted molar refractivity (Wildman–Crippen MR) is 57.4 cm³/mol. The lowest BCUT2D eigenvalue weighted by Gasteiger charge is -2.00. The lowest BCUT2D eigenvalue weighted by molar-refractivity contribution is 0.602. The Balaban J connectivity index is 2.93. The molecule has 0 aliphatic heterocycles. The fraction of sp³-hybridized carbons (Fsp3) is 0.182. The van der Waals surface area contributed by atoms with Crippen molar-refractivity contribution in [3.63, 3.8) is 0 Å². The van der Waals surface area contributed by atoms with Gasteiger partial charge in [0, 0.05) is 0 Å². The standard InChI is InChI=1S/C11H13O2S/c1-10(2)8-9-14(12,13)11-6-4-3-5-7-11/h3-9H,1-2H3. The first-order chi connectivity index (χ1) is 6.52. The highest BCUT2D eigenvalue weighted by Crippen LogP contribution is 2.13. The first kappa shape index (κ1) is 11.0. The van der Waals surface area contributed by atoms with E-state index in [0.717, 1.165) is 5.57 Å². The van der Waals surface area contributed by atoms with E-state index in [-0.39, 0.29) is 0 Å². The molecule has 3 heteroatoms. The molecule has 0 atom stereocenters. The van der Waals surface area contributed by atoms with E-state index in [9.17, 15) is 8.42 Å². The molecule has 2 nitrogen and oxygen atoms in total. The third-order valence-corrected chi connectivity index (χ3v) is 3.08. The maximum atomic E-state index is 11.6. The normalized spacial score (nSPS) is 11.0. The zero-order valence-corrected chi connectivity index (χ0v) is 9.08. The van der Waals surface area contributed by atoms with E-state index >= 15 is 0 Å². The molecule has 0 bridgehead atoms. The maximum Gasteiger partial charge on any atom is 0.186 e. The molecular formula is C11H13O2S. The molecule has 0 heterocycles. The topological polar surface area (TPSA) is 34.1 Å². The van der Waals surface area contributed by atoms with Gasteiger partial charge in [-0.2, -0.15) is 0 Å². The Morgan fingerprint density at radius 3 is 2.21 bits per heavy atom. The lowest BCUT2D eigenvalue weighted by Crippen LogP contribution is -1.99. The van der Waals surface area contributed by atoms with Gasteiger partial charge in [-0.3, -0.25) is 0 Å². The monoisotopic (exact) mass is 209 g/mol. The number of hydrogen-bond acceptors (Lipinski definition) is 2. The lowest BCUT2D eigenvalue weighted by atomic mass is 10.3. The molecule has 1 radical (unpaired) electrons. The Morgan fingerprint density at radius 1 is 1.14 bits per heavy atom. The third-order valence-electron chi connectivity index (χ3n) is 1.65. The van der Waals surface area contributed by atoms with E-state index in [1.165, 1.54) is 5.75 Å². The summed E-state index contributed by atoms with van der Waals surface area (Å²) in [6.07, 6.45) is 1.60. The van der Waals surface area contributed by atoms with Crippen LogP contribution in [0.15, 0.2) is 46.9 Å². The molecule has 0 spiro atoms. The molecule has 0 unspecified atom stereocenters. The van der Waals surface area contributed by atoms with Crippen LogP contribution in [0.5, 0.6) is 0 Å². The number of rotatable bonds is 3. The van der Waals surface area contributed by atoms with Crippen molar-refractivity contribution in [3.8, 4) is 0 Å². The molecular weight excluding hydrogens is 196 g/mol. The van der Waals surface area contributed by atoms with Gasteiger partial charge in [-0.15, -0.1) is 0 Å². The van der Waals surface area contributed by atoms with Crippen molar-refractivity contribution in [1.29, 1.82) is 0 Å². The highest BCUT2D eigenvalue weighted by molar-refractivity contribution is 7.93. The maximum absolute atomic E-state index is 11.6. The fourth-order valence-corrected chi connectivity index (χ4v) is 2.06. The van der Waals surface area contributed by atoms with Gasteiger partial charge in [-0.25, -0.2) is 8.42 Å². The molecule has 0 aromatic heterocycles. The largest absolute Gasteiger partial charge is 0.223 e. The first-order valence-electron chi connectivity index (χ1n) is 4.31. The molecule has 0 amide bonds. The van der Waals surface area contributed by atoms with Gasteiger partial charge in [0.15, 0.2) is 9.84 Å². The Labute approximate surface area is 85.2 Å². The number of hydrogen-bond donors (Lipinski definition) is 0. The second kappa shape index (κ2) is 4.42. The minimum Gasteiger partial charge on any atom is -0.223 e. The van der Waals surface area contributed by atoms with Gasteiger partial charge >= 0.3 is 0 Å². The van der Waals surface area contributed by atoms with Crippen molar-refractivity contribution in [2.24, 2.45) is 0 Å². The summed E-state index contributed by atoms with van der Waals surface area (Å²) in [5.74, 6) is 1.23. The minimum absolute atomic E-state index is 0.331. The van der Waals surface area contributed by atoms with Crippen LogP contribution in [-0.2, 0) is 9.84 Å². The van der Waals surface area contributed by atoms with E-state index in [2.05, 4.69) is 0 Å². The Kier molecular flexibility index (Phi) is 3.47. The molecule has 14 heavy (non-hydrogen) atoms. The minimum atomic E-state index is -3.26. The van der Waals surface area contributed by atoms with Crippen molar-refractivity contribution in [2.45, 2.75) is 18.7 Å². The molecule has 0 N–H and O–H groups in total. The number of benzene rings is 1. The molecule has 75 valence electrons. The second-order valence-corrected chi connectivity index (χ2v) is 5.07. The van der Waals surface area contributed by atoms with Gasteiger partial charge in [0.1, 0.15) is 5.75 Å². The van der Waals surface area contributed by atoms with Crippen LogP contribution < -0.4 is 0 Å². The van der Waals surface area contributed by atoms with Crippen LogP contribution in [-0.4, -0.2) is 8.42 Å². The average Bonchev–Trinajstić information content (AvgIpc) is 2.16. The average molecular weight is 209 g/mol. The van der Waals surface area contributed by atoms with E-state index in [4.69, 9.17) is 0 Å². The van der Waals surface area contributed by atoms with Gasteiger partial charge in [-0.1, -0.05) is 29.8 Å². The summed E-state index contributed by atoms with van der Waals surface area (Å²) in [6, 6.07) is 8.39. The Morgan fingerprint density at radius 2 is 1.71 bits per heavy atom. The molecule has 1 aromatic carbocycles. The van der Waals surface area contributed by atoms with Crippen LogP contribution in [0.3, 0.4) is 0 Å². The van der Waals surface area contributed by atoms with Crippen molar-refractivity contribution in [3.05, 3.63) is 47.7 Å². The summed E-state index contributed by atoms with van der Waals surface area (Å²) in [6.45, 7) is 3.72. The van der Waals surface area contributed by atoms with Gasteiger partial charge < -0.3 is 0 Å². The highest BCUT2D eigenvalue weighted by atomic mass is 32.2. The van der Waals surface area contributed by atoms with Crippen LogP contribution in [0.1, 0.15) is 13.8 Å². The third kappa shape index (κ3) is 3.00. The summed E-state index contributed by atoms with van der Waals surface area (Å²) < 4.78 is 23.3. The quantitative estimate of drug-likeness (QED) is 0.766. The van der Waals surface area contributed by atoms with Crippen molar-refractivity contribution in [1.82, 2.24) is 0 Å².